The van der Waals surface area contributed by atoms with E-state index in [1.807, 2.05) is 29.5 Å². The second-order valence-corrected chi connectivity index (χ2v) is 13.3. The molecular weight excluding hydrogens is 595 g/mol. The lowest BCUT2D eigenvalue weighted by Crippen LogP contribution is -2.03. The van der Waals surface area contributed by atoms with Gasteiger partial charge in [-0.05, 0) is 59.3 Å². The lowest BCUT2D eigenvalue weighted by atomic mass is 10.0. The summed E-state index contributed by atoms with van der Waals surface area (Å²) in [6, 6.07) is 49.4. The third-order valence-electron chi connectivity index (χ3n) is 9.58. The minimum absolute atomic E-state index is 0.624. The summed E-state index contributed by atoms with van der Waals surface area (Å²) in [5.74, 6) is 0.624. The number of hydrogen-bond donors (Lipinski definition) is 0. The normalized spacial score (nSPS) is 12.3. The highest BCUT2D eigenvalue weighted by Gasteiger charge is 2.22. The van der Waals surface area contributed by atoms with Gasteiger partial charge in [-0.1, -0.05) is 91.0 Å². The van der Waals surface area contributed by atoms with Gasteiger partial charge in [-0.2, -0.15) is 0 Å². The van der Waals surface area contributed by atoms with Crippen molar-refractivity contribution in [3.05, 3.63) is 140 Å². The Morgan fingerprint density at radius 3 is 2.15 bits per heavy atom. The summed E-state index contributed by atoms with van der Waals surface area (Å²) in [6.07, 6.45) is 0. The lowest BCUT2D eigenvalue weighted by molar-refractivity contribution is 0.671. The molecule has 0 amide bonds. The molecule has 4 nitrogen and oxygen atoms in total. The second-order valence-electron chi connectivity index (χ2n) is 12.2. The SMILES string of the molecule is c1ccc2cc3c(cc2c1)sc1ccc(-c2nc(-n4c5ccccc5c5ccc6c7ccccc7oc6c54)nc4ccccc24)cc13. The van der Waals surface area contributed by atoms with Crippen LogP contribution in [0.1, 0.15) is 0 Å². The van der Waals surface area contributed by atoms with E-state index in [2.05, 4.69) is 126 Å². The van der Waals surface area contributed by atoms with Crippen LogP contribution in [0.3, 0.4) is 0 Å². The van der Waals surface area contributed by atoms with Gasteiger partial charge in [0.2, 0.25) is 5.95 Å². The Labute approximate surface area is 271 Å². The van der Waals surface area contributed by atoms with E-state index in [1.165, 1.54) is 30.9 Å². The van der Waals surface area contributed by atoms with Crippen LogP contribution >= 0.6 is 11.3 Å². The summed E-state index contributed by atoms with van der Waals surface area (Å²) >= 11 is 1.84. The van der Waals surface area contributed by atoms with Gasteiger partial charge in [-0.15, -0.1) is 11.3 Å². The van der Waals surface area contributed by atoms with Crippen molar-refractivity contribution in [3.63, 3.8) is 0 Å². The van der Waals surface area contributed by atoms with Gasteiger partial charge in [0.05, 0.1) is 16.7 Å². The molecule has 0 aliphatic carbocycles. The largest absolute Gasteiger partial charge is 0.454 e. The van der Waals surface area contributed by atoms with Gasteiger partial charge in [0, 0.05) is 52.7 Å². The van der Waals surface area contributed by atoms with Crippen LogP contribution in [0.4, 0.5) is 0 Å². The van der Waals surface area contributed by atoms with Crippen molar-refractivity contribution in [1.82, 2.24) is 14.5 Å². The van der Waals surface area contributed by atoms with E-state index in [9.17, 15) is 0 Å². The molecule has 218 valence electrons. The first kappa shape index (κ1) is 25.2. The number of hydrogen-bond acceptors (Lipinski definition) is 4. The molecular formula is C42H23N3OS. The van der Waals surface area contributed by atoms with E-state index >= 15 is 0 Å². The fourth-order valence-electron chi connectivity index (χ4n) is 7.43. The van der Waals surface area contributed by atoms with Crippen LogP contribution in [0.25, 0.3) is 103 Å². The van der Waals surface area contributed by atoms with Crippen LogP contribution in [-0.2, 0) is 0 Å². The zero-order chi connectivity index (χ0) is 30.6. The molecule has 4 aromatic heterocycles. The topological polar surface area (TPSA) is 43.9 Å². The number of nitrogens with zero attached hydrogens (tertiary/aromatic N) is 3. The molecule has 0 atom stereocenters. The molecule has 0 spiro atoms. The van der Waals surface area contributed by atoms with Gasteiger partial charge < -0.3 is 4.42 Å². The van der Waals surface area contributed by atoms with Crippen LogP contribution in [0.5, 0.6) is 0 Å². The molecule has 7 aromatic carbocycles. The van der Waals surface area contributed by atoms with Crippen molar-refractivity contribution < 1.29 is 4.42 Å². The minimum Gasteiger partial charge on any atom is -0.454 e. The third kappa shape index (κ3) is 3.52. The Morgan fingerprint density at radius 2 is 1.23 bits per heavy atom. The van der Waals surface area contributed by atoms with E-state index in [-0.39, 0.29) is 0 Å². The molecule has 47 heavy (non-hydrogen) atoms. The smallest absolute Gasteiger partial charge is 0.235 e. The first-order valence-electron chi connectivity index (χ1n) is 15.7. The summed E-state index contributed by atoms with van der Waals surface area (Å²) in [5.41, 5.74) is 6.62. The molecule has 5 heteroatoms. The number of thiophene rings is 1. The highest BCUT2D eigenvalue weighted by atomic mass is 32.1. The van der Waals surface area contributed by atoms with Crippen LogP contribution in [0.2, 0.25) is 0 Å². The number of fused-ring (bicyclic) bond motifs is 12. The predicted octanol–water partition coefficient (Wildman–Crippen LogP) is 11.8. The Morgan fingerprint density at radius 1 is 0.511 bits per heavy atom. The quantitative estimate of drug-likeness (QED) is 0.194. The van der Waals surface area contributed by atoms with Gasteiger partial charge >= 0.3 is 0 Å². The Kier molecular flexibility index (Phi) is 4.96. The first-order chi connectivity index (χ1) is 23.3. The molecule has 0 aliphatic heterocycles. The van der Waals surface area contributed by atoms with E-state index in [1.54, 1.807) is 0 Å². The van der Waals surface area contributed by atoms with Gasteiger partial charge in [-0.3, -0.25) is 4.57 Å². The van der Waals surface area contributed by atoms with E-state index < -0.39 is 0 Å². The highest BCUT2D eigenvalue weighted by Crippen LogP contribution is 2.42. The van der Waals surface area contributed by atoms with Crippen molar-refractivity contribution in [2.75, 3.05) is 0 Å². The summed E-state index contributed by atoms with van der Waals surface area (Å²) < 4.78 is 11.4. The average Bonchev–Trinajstić information content (AvgIpc) is 3.79. The minimum atomic E-state index is 0.624. The molecule has 11 rings (SSSR count). The molecule has 11 aromatic rings. The maximum atomic E-state index is 6.60. The fraction of sp³-hybridized carbons (Fsp3) is 0. The van der Waals surface area contributed by atoms with Crippen molar-refractivity contribution >= 4 is 96.9 Å². The maximum Gasteiger partial charge on any atom is 0.235 e. The number of para-hydroxylation sites is 3. The van der Waals surface area contributed by atoms with Crippen LogP contribution in [0.15, 0.2) is 144 Å². The zero-order valence-corrected chi connectivity index (χ0v) is 25.8. The summed E-state index contributed by atoms with van der Waals surface area (Å²) in [6.45, 7) is 0. The standard InChI is InChI=1S/C42H23N3OS/c1-2-10-25-23-38-33(21-24(25)9-1)32-22-26(17-20-37(32)47-38)39-31-13-3-6-14-34(31)43-42(44-39)45-35-15-7-4-11-27(35)29-18-19-30-28-12-5-8-16-36(28)46-41(30)40(29)45/h1-23H. The number of benzene rings is 7. The molecule has 0 bridgehead atoms. The molecule has 0 fully saturated rings. The monoisotopic (exact) mass is 617 g/mol. The van der Waals surface area contributed by atoms with Crippen LogP contribution < -0.4 is 0 Å². The van der Waals surface area contributed by atoms with Gasteiger partial charge in [0.15, 0.2) is 5.58 Å². The van der Waals surface area contributed by atoms with Crippen molar-refractivity contribution in [2.45, 2.75) is 0 Å². The fourth-order valence-corrected chi connectivity index (χ4v) is 8.55. The zero-order valence-electron chi connectivity index (χ0n) is 24.9. The molecule has 0 radical (unpaired) electrons. The van der Waals surface area contributed by atoms with Gasteiger partial charge in [0.25, 0.3) is 0 Å². The molecule has 0 aliphatic rings. The third-order valence-corrected chi connectivity index (χ3v) is 10.7. The van der Waals surface area contributed by atoms with Crippen molar-refractivity contribution in [2.24, 2.45) is 0 Å². The Hall–Kier alpha value is -6.04. The first-order valence-corrected chi connectivity index (χ1v) is 16.6. The lowest BCUT2D eigenvalue weighted by Gasteiger charge is -2.12. The average molecular weight is 618 g/mol. The van der Waals surface area contributed by atoms with E-state index in [0.29, 0.717) is 5.95 Å². The van der Waals surface area contributed by atoms with Crippen molar-refractivity contribution in [3.8, 4) is 17.2 Å². The molecule has 4 heterocycles. The van der Waals surface area contributed by atoms with Crippen LogP contribution in [0, 0.1) is 0 Å². The number of aromatic nitrogens is 3. The van der Waals surface area contributed by atoms with E-state index in [0.717, 1.165) is 65.9 Å². The van der Waals surface area contributed by atoms with Gasteiger partial charge in [-0.25, -0.2) is 9.97 Å². The van der Waals surface area contributed by atoms with Crippen molar-refractivity contribution in [1.29, 1.82) is 0 Å². The number of rotatable bonds is 2. The predicted molar refractivity (Wildman–Crippen MR) is 197 cm³/mol. The van der Waals surface area contributed by atoms with Crippen LogP contribution in [-0.4, -0.2) is 14.5 Å². The molecule has 0 unspecified atom stereocenters. The molecule has 0 saturated carbocycles. The Balaban J connectivity index is 1.23. The van der Waals surface area contributed by atoms with Gasteiger partial charge in [0.1, 0.15) is 11.1 Å². The highest BCUT2D eigenvalue weighted by molar-refractivity contribution is 7.25. The van der Waals surface area contributed by atoms with E-state index in [4.69, 9.17) is 14.4 Å². The molecule has 0 N–H and O–H groups in total. The molecule has 0 saturated heterocycles. The second kappa shape index (κ2) is 9.25. The summed E-state index contributed by atoms with van der Waals surface area (Å²) in [5, 5.41) is 10.5. The summed E-state index contributed by atoms with van der Waals surface area (Å²) in [7, 11) is 0. The number of furan rings is 1. The Bertz CT molecular complexity index is 3090. The summed E-state index contributed by atoms with van der Waals surface area (Å²) in [4.78, 5) is 10.6. The maximum absolute atomic E-state index is 6.60.